The molecule has 0 bridgehead atoms. The summed E-state index contributed by atoms with van der Waals surface area (Å²) in [4.78, 5) is 16.4. The van der Waals surface area contributed by atoms with Crippen LogP contribution < -0.4 is 5.32 Å². The molecular formula is C18H17FN4O. The number of aryl methyl sites for hydroxylation is 1. The van der Waals surface area contributed by atoms with Gasteiger partial charge in [-0.25, -0.2) is 9.37 Å². The van der Waals surface area contributed by atoms with Crippen LogP contribution in [-0.2, 0) is 6.42 Å². The molecule has 0 saturated carbocycles. The maximum atomic E-state index is 12.9. The minimum absolute atomic E-state index is 0.117. The number of hydrogen-bond acceptors (Lipinski definition) is 3. The molecule has 0 unspecified atom stereocenters. The molecule has 0 saturated heterocycles. The number of aromatic amines is 1. The first-order valence-electron chi connectivity index (χ1n) is 7.64. The zero-order chi connectivity index (χ0) is 16.9. The third-order valence-electron chi connectivity index (χ3n) is 3.60. The number of halogens is 1. The van der Waals surface area contributed by atoms with Crippen molar-refractivity contribution in [3.63, 3.8) is 0 Å². The van der Waals surface area contributed by atoms with E-state index in [1.165, 1.54) is 12.1 Å². The second-order valence-electron chi connectivity index (χ2n) is 5.48. The van der Waals surface area contributed by atoms with E-state index < -0.39 is 0 Å². The van der Waals surface area contributed by atoms with Crippen molar-refractivity contribution < 1.29 is 9.18 Å². The lowest BCUT2D eigenvalue weighted by atomic mass is 10.1. The lowest BCUT2D eigenvalue weighted by Gasteiger charge is -2.04. The first-order valence-corrected chi connectivity index (χ1v) is 7.64. The van der Waals surface area contributed by atoms with Gasteiger partial charge in [0.1, 0.15) is 11.6 Å². The molecule has 0 aliphatic heterocycles. The van der Waals surface area contributed by atoms with E-state index in [2.05, 4.69) is 20.5 Å². The van der Waals surface area contributed by atoms with Crippen LogP contribution >= 0.6 is 0 Å². The highest BCUT2D eigenvalue weighted by molar-refractivity contribution is 5.94. The fourth-order valence-electron chi connectivity index (χ4n) is 2.24. The summed E-state index contributed by atoms with van der Waals surface area (Å²) in [6.45, 7) is 2.43. The second-order valence-corrected chi connectivity index (χ2v) is 5.48. The molecule has 1 amide bonds. The Morgan fingerprint density at radius 3 is 2.54 bits per heavy atom. The van der Waals surface area contributed by atoms with Gasteiger partial charge in [-0.15, -0.1) is 0 Å². The smallest absolute Gasteiger partial charge is 0.251 e. The van der Waals surface area contributed by atoms with Gasteiger partial charge in [-0.2, -0.15) is 5.10 Å². The van der Waals surface area contributed by atoms with Crippen molar-refractivity contribution >= 4 is 5.91 Å². The van der Waals surface area contributed by atoms with E-state index in [4.69, 9.17) is 0 Å². The Balaban J connectivity index is 1.55. The van der Waals surface area contributed by atoms with Gasteiger partial charge in [0.15, 0.2) is 5.82 Å². The van der Waals surface area contributed by atoms with Gasteiger partial charge in [0, 0.05) is 24.1 Å². The SMILES string of the molecule is Cc1ccc(C(=O)NCCc2nc(-c3ccc(F)cc3)n[nH]2)cc1. The number of nitrogens with one attached hydrogen (secondary N) is 2. The van der Waals surface area contributed by atoms with Crippen molar-refractivity contribution in [3.05, 3.63) is 71.3 Å². The van der Waals surface area contributed by atoms with Gasteiger partial charge < -0.3 is 5.32 Å². The van der Waals surface area contributed by atoms with Gasteiger partial charge in [-0.05, 0) is 43.3 Å². The number of rotatable bonds is 5. The highest BCUT2D eigenvalue weighted by Crippen LogP contribution is 2.14. The van der Waals surface area contributed by atoms with Crippen LogP contribution in [0.4, 0.5) is 4.39 Å². The summed E-state index contributed by atoms with van der Waals surface area (Å²) in [7, 11) is 0. The molecule has 0 aliphatic carbocycles. The molecular weight excluding hydrogens is 307 g/mol. The Morgan fingerprint density at radius 2 is 1.83 bits per heavy atom. The lowest BCUT2D eigenvalue weighted by molar-refractivity contribution is 0.0954. The van der Waals surface area contributed by atoms with Crippen LogP contribution in [-0.4, -0.2) is 27.6 Å². The number of nitrogens with zero attached hydrogens (tertiary/aromatic N) is 2. The molecule has 2 N–H and O–H groups in total. The zero-order valence-corrected chi connectivity index (χ0v) is 13.2. The summed E-state index contributed by atoms with van der Waals surface area (Å²) in [5.74, 6) is 0.759. The molecule has 122 valence electrons. The normalized spacial score (nSPS) is 10.6. The number of carbonyl (C=O) groups excluding carboxylic acids is 1. The van der Waals surface area contributed by atoms with Crippen LogP contribution in [0.3, 0.4) is 0 Å². The average Bonchev–Trinajstić information content (AvgIpc) is 3.05. The Hall–Kier alpha value is -3.02. The Morgan fingerprint density at radius 1 is 1.12 bits per heavy atom. The summed E-state index contributed by atoms with van der Waals surface area (Å²) in [5.41, 5.74) is 2.48. The highest BCUT2D eigenvalue weighted by Gasteiger charge is 2.08. The van der Waals surface area contributed by atoms with E-state index in [1.54, 1.807) is 24.3 Å². The Kier molecular flexibility index (Phi) is 4.65. The summed E-state index contributed by atoms with van der Waals surface area (Å²) in [6.07, 6.45) is 0.534. The highest BCUT2D eigenvalue weighted by atomic mass is 19.1. The zero-order valence-electron chi connectivity index (χ0n) is 13.2. The lowest BCUT2D eigenvalue weighted by Crippen LogP contribution is -2.25. The standard InChI is InChI=1S/C18H17FN4O/c1-12-2-4-14(5-3-12)18(24)20-11-10-16-21-17(23-22-16)13-6-8-15(19)9-7-13/h2-9H,10-11H2,1H3,(H,20,24)(H,21,22,23). The fourth-order valence-corrected chi connectivity index (χ4v) is 2.24. The molecule has 3 aromatic rings. The molecule has 0 spiro atoms. The van der Waals surface area contributed by atoms with E-state index in [0.717, 1.165) is 11.1 Å². The fraction of sp³-hybridized carbons (Fsp3) is 0.167. The van der Waals surface area contributed by atoms with Gasteiger partial charge >= 0.3 is 0 Å². The average molecular weight is 324 g/mol. The van der Waals surface area contributed by atoms with Crippen molar-refractivity contribution in [2.75, 3.05) is 6.54 Å². The predicted octanol–water partition coefficient (Wildman–Crippen LogP) is 2.89. The quantitative estimate of drug-likeness (QED) is 0.758. The molecule has 3 rings (SSSR count). The van der Waals surface area contributed by atoms with Gasteiger partial charge in [0.2, 0.25) is 0 Å². The summed E-state index contributed by atoms with van der Waals surface area (Å²) in [6, 6.07) is 13.4. The molecule has 1 heterocycles. The topological polar surface area (TPSA) is 70.7 Å². The summed E-state index contributed by atoms with van der Waals surface area (Å²) < 4.78 is 12.9. The number of aromatic nitrogens is 3. The number of carbonyl (C=O) groups is 1. The third-order valence-corrected chi connectivity index (χ3v) is 3.60. The van der Waals surface area contributed by atoms with Gasteiger partial charge in [-0.1, -0.05) is 17.7 Å². The van der Waals surface area contributed by atoms with Crippen molar-refractivity contribution in [1.29, 1.82) is 0 Å². The van der Waals surface area contributed by atoms with Crippen molar-refractivity contribution in [1.82, 2.24) is 20.5 Å². The molecule has 24 heavy (non-hydrogen) atoms. The Bertz CT molecular complexity index is 825. The second kappa shape index (κ2) is 7.04. The predicted molar refractivity (Wildman–Crippen MR) is 89.0 cm³/mol. The maximum Gasteiger partial charge on any atom is 0.251 e. The number of benzene rings is 2. The van der Waals surface area contributed by atoms with E-state index >= 15 is 0 Å². The first-order chi connectivity index (χ1) is 11.6. The number of amides is 1. The molecule has 0 radical (unpaired) electrons. The van der Waals surface area contributed by atoms with Crippen LogP contribution in [0, 0.1) is 12.7 Å². The van der Waals surface area contributed by atoms with Crippen LogP contribution in [0.5, 0.6) is 0 Å². The number of hydrogen-bond donors (Lipinski definition) is 2. The number of H-pyrrole nitrogens is 1. The molecule has 6 heteroatoms. The Labute approximate surface area is 138 Å². The molecule has 1 aromatic heterocycles. The molecule has 5 nitrogen and oxygen atoms in total. The molecule has 0 atom stereocenters. The van der Waals surface area contributed by atoms with E-state index in [0.29, 0.717) is 30.2 Å². The summed E-state index contributed by atoms with van der Waals surface area (Å²) >= 11 is 0. The van der Waals surface area contributed by atoms with E-state index in [9.17, 15) is 9.18 Å². The van der Waals surface area contributed by atoms with Crippen LogP contribution in [0.25, 0.3) is 11.4 Å². The van der Waals surface area contributed by atoms with Gasteiger partial charge in [0.25, 0.3) is 5.91 Å². The monoisotopic (exact) mass is 324 g/mol. The molecule has 0 fully saturated rings. The van der Waals surface area contributed by atoms with Gasteiger partial charge in [0.05, 0.1) is 0 Å². The first kappa shape index (κ1) is 15.9. The van der Waals surface area contributed by atoms with E-state index in [1.807, 2.05) is 19.1 Å². The van der Waals surface area contributed by atoms with Crippen molar-refractivity contribution in [3.8, 4) is 11.4 Å². The van der Waals surface area contributed by atoms with Crippen LogP contribution in [0.1, 0.15) is 21.7 Å². The maximum absolute atomic E-state index is 12.9. The minimum Gasteiger partial charge on any atom is -0.352 e. The minimum atomic E-state index is -0.298. The third kappa shape index (κ3) is 3.84. The molecule has 2 aromatic carbocycles. The summed E-state index contributed by atoms with van der Waals surface area (Å²) in [5, 5.41) is 9.79. The van der Waals surface area contributed by atoms with E-state index in [-0.39, 0.29) is 11.7 Å². The van der Waals surface area contributed by atoms with Crippen LogP contribution in [0.2, 0.25) is 0 Å². The largest absolute Gasteiger partial charge is 0.352 e. The van der Waals surface area contributed by atoms with Gasteiger partial charge in [-0.3, -0.25) is 9.89 Å². The molecule has 0 aliphatic rings. The van der Waals surface area contributed by atoms with Crippen molar-refractivity contribution in [2.45, 2.75) is 13.3 Å². The van der Waals surface area contributed by atoms with Crippen molar-refractivity contribution in [2.24, 2.45) is 0 Å². The van der Waals surface area contributed by atoms with Crippen LogP contribution in [0.15, 0.2) is 48.5 Å².